The van der Waals surface area contributed by atoms with Crippen molar-refractivity contribution < 1.29 is 28.8 Å². The standard InChI is InChI=1S/C13H16O6/c1-9(15)13-5-4-12(19-13)8-17-16-7-11-3-2-10(6-14)18-11/h2-5,9,14-15H,6-8H2,1H3. The maximum absolute atomic E-state index is 9.28. The molecule has 0 fully saturated rings. The minimum atomic E-state index is -0.644. The van der Waals surface area contributed by atoms with Crippen LogP contribution in [-0.2, 0) is 29.6 Å². The van der Waals surface area contributed by atoms with Crippen LogP contribution < -0.4 is 0 Å². The van der Waals surface area contributed by atoms with Crippen molar-refractivity contribution in [1.29, 1.82) is 0 Å². The van der Waals surface area contributed by atoms with Crippen molar-refractivity contribution in [2.24, 2.45) is 0 Å². The Bertz CT molecular complexity index is 499. The predicted octanol–water partition coefficient (Wildman–Crippen LogP) is 2.07. The molecule has 1 unspecified atom stereocenters. The molecule has 2 N–H and O–H groups in total. The van der Waals surface area contributed by atoms with Crippen molar-refractivity contribution in [2.45, 2.75) is 32.8 Å². The van der Waals surface area contributed by atoms with Crippen LogP contribution in [0, 0.1) is 0 Å². The van der Waals surface area contributed by atoms with Gasteiger partial charge >= 0.3 is 0 Å². The van der Waals surface area contributed by atoms with Gasteiger partial charge in [-0.1, -0.05) is 0 Å². The smallest absolute Gasteiger partial charge is 0.140 e. The summed E-state index contributed by atoms with van der Waals surface area (Å²) in [7, 11) is 0. The first-order valence-corrected chi connectivity index (χ1v) is 5.88. The van der Waals surface area contributed by atoms with Crippen LogP contribution >= 0.6 is 0 Å². The zero-order valence-corrected chi connectivity index (χ0v) is 10.5. The van der Waals surface area contributed by atoms with Crippen molar-refractivity contribution in [3.8, 4) is 0 Å². The van der Waals surface area contributed by atoms with E-state index in [1.165, 1.54) is 0 Å². The molecule has 0 spiro atoms. The lowest BCUT2D eigenvalue weighted by Gasteiger charge is -2.01. The van der Waals surface area contributed by atoms with Crippen LogP contribution in [0.1, 0.15) is 36.1 Å². The second-order valence-corrected chi connectivity index (χ2v) is 4.03. The van der Waals surface area contributed by atoms with Crippen molar-refractivity contribution in [2.75, 3.05) is 0 Å². The quantitative estimate of drug-likeness (QED) is 0.454. The van der Waals surface area contributed by atoms with Gasteiger partial charge in [-0.05, 0) is 31.2 Å². The summed E-state index contributed by atoms with van der Waals surface area (Å²) < 4.78 is 10.5. The van der Waals surface area contributed by atoms with Crippen molar-refractivity contribution >= 4 is 0 Å². The van der Waals surface area contributed by atoms with E-state index in [9.17, 15) is 5.11 Å². The number of hydrogen-bond acceptors (Lipinski definition) is 6. The highest BCUT2D eigenvalue weighted by atomic mass is 17.2. The maximum atomic E-state index is 9.28. The summed E-state index contributed by atoms with van der Waals surface area (Å²) in [6, 6.07) is 6.76. The Labute approximate surface area is 110 Å². The highest BCUT2D eigenvalue weighted by Gasteiger charge is 2.07. The third-order valence-electron chi connectivity index (χ3n) is 2.45. The zero-order valence-electron chi connectivity index (χ0n) is 10.5. The summed E-state index contributed by atoms with van der Waals surface area (Å²) in [4.78, 5) is 9.92. The first-order valence-electron chi connectivity index (χ1n) is 5.88. The molecule has 0 bridgehead atoms. The Hall–Kier alpha value is -1.60. The average Bonchev–Trinajstić information content (AvgIpc) is 3.03. The lowest BCUT2D eigenvalue weighted by atomic mass is 10.3. The van der Waals surface area contributed by atoms with Gasteiger partial charge in [0.05, 0.1) is 0 Å². The van der Waals surface area contributed by atoms with E-state index in [-0.39, 0.29) is 19.8 Å². The lowest BCUT2D eigenvalue weighted by Crippen LogP contribution is -1.94. The Kier molecular flexibility index (Phi) is 4.75. The molecule has 0 saturated carbocycles. The van der Waals surface area contributed by atoms with Crippen LogP contribution in [0.4, 0.5) is 0 Å². The SMILES string of the molecule is CC(O)c1ccc(COOCc2ccc(CO)o2)o1. The lowest BCUT2D eigenvalue weighted by molar-refractivity contribution is -0.317. The average molecular weight is 268 g/mol. The summed E-state index contributed by atoms with van der Waals surface area (Å²) in [5.74, 6) is 2.09. The van der Waals surface area contributed by atoms with E-state index in [1.807, 2.05) is 0 Å². The molecular formula is C13H16O6. The first kappa shape index (κ1) is 13.8. The van der Waals surface area contributed by atoms with Gasteiger partial charge < -0.3 is 19.0 Å². The largest absolute Gasteiger partial charge is 0.461 e. The topological polar surface area (TPSA) is 85.2 Å². The van der Waals surface area contributed by atoms with Gasteiger partial charge in [-0.3, -0.25) is 0 Å². The Morgan fingerprint density at radius 3 is 2.11 bits per heavy atom. The van der Waals surface area contributed by atoms with E-state index < -0.39 is 6.10 Å². The monoisotopic (exact) mass is 268 g/mol. The van der Waals surface area contributed by atoms with Gasteiger partial charge in [-0.2, -0.15) is 0 Å². The van der Waals surface area contributed by atoms with Crippen LogP contribution in [0.5, 0.6) is 0 Å². The molecule has 2 aromatic heterocycles. The number of aliphatic hydroxyl groups is 2. The molecule has 1 atom stereocenters. The summed E-state index contributed by atoms with van der Waals surface area (Å²) in [6.07, 6.45) is -0.644. The Morgan fingerprint density at radius 1 is 1.00 bits per heavy atom. The molecule has 6 heteroatoms. The van der Waals surface area contributed by atoms with Gasteiger partial charge in [-0.15, -0.1) is 0 Å². The minimum Gasteiger partial charge on any atom is -0.461 e. The van der Waals surface area contributed by atoms with Crippen LogP contribution in [0.3, 0.4) is 0 Å². The van der Waals surface area contributed by atoms with Gasteiger partial charge in [0, 0.05) is 0 Å². The van der Waals surface area contributed by atoms with Crippen LogP contribution in [-0.4, -0.2) is 10.2 Å². The number of furan rings is 2. The summed E-state index contributed by atoms with van der Waals surface area (Å²) >= 11 is 0. The maximum Gasteiger partial charge on any atom is 0.140 e. The predicted molar refractivity (Wildman–Crippen MR) is 63.6 cm³/mol. The molecule has 0 aliphatic heterocycles. The molecule has 0 radical (unpaired) electrons. The molecule has 0 aliphatic carbocycles. The van der Waals surface area contributed by atoms with E-state index in [0.717, 1.165) is 0 Å². The molecule has 0 amide bonds. The first-order chi connectivity index (χ1) is 9.19. The second-order valence-electron chi connectivity index (χ2n) is 4.03. The minimum absolute atomic E-state index is 0.139. The van der Waals surface area contributed by atoms with Crippen molar-refractivity contribution in [1.82, 2.24) is 0 Å². The molecular weight excluding hydrogens is 252 g/mol. The highest BCUT2D eigenvalue weighted by Crippen LogP contribution is 2.16. The van der Waals surface area contributed by atoms with Crippen molar-refractivity contribution in [3.63, 3.8) is 0 Å². The van der Waals surface area contributed by atoms with Crippen LogP contribution in [0.15, 0.2) is 33.1 Å². The van der Waals surface area contributed by atoms with Crippen LogP contribution in [0.2, 0.25) is 0 Å². The molecule has 2 rings (SSSR count). The van der Waals surface area contributed by atoms with E-state index in [0.29, 0.717) is 23.0 Å². The van der Waals surface area contributed by atoms with E-state index >= 15 is 0 Å². The Balaban J connectivity index is 1.71. The molecule has 6 nitrogen and oxygen atoms in total. The fourth-order valence-corrected chi connectivity index (χ4v) is 1.48. The third kappa shape index (κ3) is 3.93. The summed E-state index contributed by atoms with van der Waals surface area (Å²) in [6.45, 7) is 1.76. The second kappa shape index (κ2) is 6.53. The summed E-state index contributed by atoms with van der Waals surface area (Å²) in [5.41, 5.74) is 0. The van der Waals surface area contributed by atoms with E-state index in [2.05, 4.69) is 0 Å². The number of aliphatic hydroxyl groups excluding tert-OH is 2. The van der Waals surface area contributed by atoms with E-state index in [4.69, 9.17) is 23.7 Å². The number of hydrogen-bond donors (Lipinski definition) is 2. The molecule has 0 aliphatic rings. The van der Waals surface area contributed by atoms with E-state index in [1.54, 1.807) is 31.2 Å². The fourth-order valence-electron chi connectivity index (χ4n) is 1.48. The molecule has 2 heterocycles. The molecule has 2 aromatic rings. The van der Waals surface area contributed by atoms with Gasteiger partial charge in [-0.25, -0.2) is 9.78 Å². The fraction of sp³-hybridized carbons (Fsp3) is 0.385. The number of rotatable bonds is 7. The summed E-state index contributed by atoms with van der Waals surface area (Å²) in [5, 5.41) is 18.1. The zero-order chi connectivity index (χ0) is 13.7. The van der Waals surface area contributed by atoms with Crippen LogP contribution in [0.25, 0.3) is 0 Å². The van der Waals surface area contributed by atoms with Crippen molar-refractivity contribution in [3.05, 3.63) is 47.3 Å². The molecule has 0 aromatic carbocycles. The Morgan fingerprint density at radius 2 is 1.58 bits per heavy atom. The van der Waals surface area contributed by atoms with Gasteiger partial charge in [0.25, 0.3) is 0 Å². The molecule has 19 heavy (non-hydrogen) atoms. The molecule has 0 saturated heterocycles. The van der Waals surface area contributed by atoms with Gasteiger partial charge in [0.2, 0.25) is 0 Å². The molecule has 104 valence electrons. The normalized spacial score (nSPS) is 12.8. The van der Waals surface area contributed by atoms with Gasteiger partial charge in [0.1, 0.15) is 49.0 Å². The van der Waals surface area contributed by atoms with Gasteiger partial charge in [0.15, 0.2) is 0 Å². The third-order valence-corrected chi connectivity index (χ3v) is 2.45. The highest BCUT2D eigenvalue weighted by molar-refractivity contribution is 5.08.